The highest BCUT2D eigenvalue weighted by atomic mass is 127. The van der Waals surface area contributed by atoms with Crippen LogP contribution in [0.3, 0.4) is 0 Å². The number of guanidine groups is 1. The van der Waals surface area contributed by atoms with E-state index in [9.17, 15) is 4.39 Å². The molecule has 1 unspecified atom stereocenters. The van der Waals surface area contributed by atoms with Crippen LogP contribution in [0.1, 0.15) is 31.7 Å². The third kappa shape index (κ3) is 8.45. The van der Waals surface area contributed by atoms with Crippen LogP contribution in [0.4, 0.5) is 4.39 Å². The van der Waals surface area contributed by atoms with Gasteiger partial charge in [0.2, 0.25) is 0 Å². The molecule has 0 aliphatic heterocycles. The second kappa shape index (κ2) is 12.6. The summed E-state index contributed by atoms with van der Waals surface area (Å²) in [6, 6.07) is 8.23. The Hall–Kier alpha value is -1.84. The number of nitrogens with zero attached hydrogens (tertiary/aromatic N) is 3. The Balaban J connectivity index is 0.00000392. The zero-order chi connectivity index (χ0) is 19.6. The Labute approximate surface area is 184 Å². The van der Waals surface area contributed by atoms with Gasteiger partial charge in [0.05, 0.1) is 12.2 Å². The number of benzene rings is 1. The monoisotopic (exact) mass is 503 g/mol. The summed E-state index contributed by atoms with van der Waals surface area (Å²) < 4.78 is 21.0. The summed E-state index contributed by atoms with van der Waals surface area (Å²) in [5.41, 5.74) is 2.22. The summed E-state index contributed by atoms with van der Waals surface area (Å²) in [5.74, 6) is 0.960. The molecule has 0 aliphatic carbocycles. The maximum Gasteiger partial charge on any atom is 0.191 e. The summed E-state index contributed by atoms with van der Waals surface area (Å²) in [7, 11) is 0. The Kier molecular flexibility index (Phi) is 10.9. The molecule has 0 spiro atoms. The third-order valence-electron chi connectivity index (χ3n) is 3.93. The van der Waals surface area contributed by atoms with E-state index in [-0.39, 0.29) is 35.9 Å². The number of aryl methyl sites for hydroxylation is 3. The number of ether oxygens (including phenoxy) is 1. The van der Waals surface area contributed by atoms with Gasteiger partial charge in [0, 0.05) is 31.4 Å². The minimum atomic E-state index is -0.305. The fraction of sp³-hybridized carbons (Fsp3) is 0.500. The number of hydrogen-bond donors (Lipinski definition) is 2. The molecule has 0 saturated heterocycles. The predicted octanol–water partition coefficient (Wildman–Crippen LogP) is 3.67. The fourth-order valence-corrected chi connectivity index (χ4v) is 2.71. The van der Waals surface area contributed by atoms with Crippen molar-refractivity contribution in [3.8, 4) is 5.75 Å². The molecule has 1 heterocycles. The smallest absolute Gasteiger partial charge is 0.191 e. The average Bonchev–Trinajstić information content (AvgIpc) is 2.93. The Bertz CT molecular complexity index is 750. The summed E-state index contributed by atoms with van der Waals surface area (Å²) >= 11 is 0. The Morgan fingerprint density at radius 3 is 2.71 bits per heavy atom. The number of aliphatic imine (C=N–C) groups is 1. The molecule has 0 saturated carbocycles. The maximum absolute atomic E-state index is 13.2. The van der Waals surface area contributed by atoms with Crippen LogP contribution in [0.5, 0.6) is 5.75 Å². The van der Waals surface area contributed by atoms with E-state index in [0.717, 1.165) is 37.7 Å². The maximum atomic E-state index is 13.2. The molecule has 6 nitrogen and oxygen atoms in total. The standard InChI is InChI=1S/C20H30FN5O.HI/c1-5-22-20(23-10-7-11-26-16(3)12-15(2)25-26)24-14-17(4)27-19-9-6-8-18(21)13-19;/h6,8-9,12-13,17H,5,7,10-11,14H2,1-4H3,(H2,22,23,24);1H. The van der Waals surface area contributed by atoms with Gasteiger partial charge in [-0.05, 0) is 52.3 Å². The van der Waals surface area contributed by atoms with Crippen molar-refractivity contribution in [1.29, 1.82) is 0 Å². The molecule has 156 valence electrons. The van der Waals surface area contributed by atoms with E-state index in [1.54, 1.807) is 12.1 Å². The van der Waals surface area contributed by atoms with Gasteiger partial charge in [-0.15, -0.1) is 24.0 Å². The van der Waals surface area contributed by atoms with Crippen LogP contribution in [-0.4, -0.2) is 41.5 Å². The van der Waals surface area contributed by atoms with Crippen molar-refractivity contribution in [2.45, 2.75) is 46.8 Å². The Morgan fingerprint density at radius 2 is 2.07 bits per heavy atom. The molecule has 0 radical (unpaired) electrons. The van der Waals surface area contributed by atoms with Gasteiger partial charge in [0.15, 0.2) is 5.96 Å². The molecular formula is C20H31FIN5O. The highest BCUT2D eigenvalue weighted by molar-refractivity contribution is 14.0. The topological polar surface area (TPSA) is 63.5 Å². The van der Waals surface area contributed by atoms with Crippen molar-refractivity contribution >= 4 is 29.9 Å². The normalized spacial score (nSPS) is 12.2. The largest absolute Gasteiger partial charge is 0.489 e. The zero-order valence-electron chi connectivity index (χ0n) is 17.0. The highest BCUT2D eigenvalue weighted by Crippen LogP contribution is 2.13. The molecule has 0 aliphatic rings. The van der Waals surface area contributed by atoms with Gasteiger partial charge < -0.3 is 15.4 Å². The molecule has 1 aromatic heterocycles. The van der Waals surface area contributed by atoms with Crippen molar-refractivity contribution < 1.29 is 9.13 Å². The lowest BCUT2D eigenvalue weighted by Crippen LogP contribution is -2.38. The van der Waals surface area contributed by atoms with E-state index < -0.39 is 0 Å². The second-order valence-corrected chi connectivity index (χ2v) is 6.54. The second-order valence-electron chi connectivity index (χ2n) is 6.54. The van der Waals surface area contributed by atoms with Gasteiger partial charge in [0.1, 0.15) is 17.7 Å². The lowest BCUT2D eigenvalue weighted by Gasteiger charge is -2.15. The average molecular weight is 503 g/mol. The Morgan fingerprint density at radius 1 is 1.29 bits per heavy atom. The molecule has 2 rings (SSSR count). The van der Waals surface area contributed by atoms with E-state index >= 15 is 0 Å². The van der Waals surface area contributed by atoms with Crippen LogP contribution >= 0.6 is 24.0 Å². The predicted molar refractivity (Wildman–Crippen MR) is 122 cm³/mol. The fourth-order valence-electron chi connectivity index (χ4n) is 2.71. The number of halogens is 2. The number of hydrogen-bond acceptors (Lipinski definition) is 3. The molecule has 2 N–H and O–H groups in total. The van der Waals surface area contributed by atoms with E-state index in [0.29, 0.717) is 12.3 Å². The molecule has 28 heavy (non-hydrogen) atoms. The lowest BCUT2D eigenvalue weighted by atomic mass is 10.3. The first kappa shape index (κ1) is 24.2. The first-order valence-corrected chi connectivity index (χ1v) is 9.43. The van der Waals surface area contributed by atoms with Crippen LogP contribution in [0.25, 0.3) is 0 Å². The minimum Gasteiger partial charge on any atom is -0.489 e. The van der Waals surface area contributed by atoms with Crippen molar-refractivity contribution in [2.24, 2.45) is 4.99 Å². The SMILES string of the molecule is CCNC(=NCC(C)Oc1cccc(F)c1)NCCCn1nc(C)cc1C.I. The van der Waals surface area contributed by atoms with Crippen LogP contribution in [-0.2, 0) is 6.54 Å². The van der Waals surface area contributed by atoms with Gasteiger partial charge in [-0.25, -0.2) is 9.38 Å². The quantitative estimate of drug-likeness (QED) is 0.237. The first-order chi connectivity index (χ1) is 13.0. The minimum absolute atomic E-state index is 0. The summed E-state index contributed by atoms with van der Waals surface area (Å²) in [5, 5.41) is 11.0. The number of rotatable bonds is 9. The van der Waals surface area contributed by atoms with E-state index in [1.807, 2.05) is 25.5 Å². The number of aromatic nitrogens is 2. The van der Waals surface area contributed by atoms with Gasteiger partial charge >= 0.3 is 0 Å². The van der Waals surface area contributed by atoms with Gasteiger partial charge in [-0.1, -0.05) is 6.07 Å². The van der Waals surface area contributed by atoms with Crippen LogP contribution < -0.4 is 15.4 Å². The van der Waals surface area contributed by atoms with Crippen LogP contribution in [0, 0.1) is 19.7 Å². The van der Waals surface area contributed by atoms with Gasteiger partial charge in [-0.2, -0.15) is 5.10 Å². The summed E-state index contributed by atoms with van der Waals surface area (Å²) in [6.45, 7) is 10.9. The molecule has 0 fully saturated rings. The van der Waals surface area contributed by atoms with Crippen molar-refractivity contribution in [1.82, 2.24) is 20.4 Å². The van der Waals surface area contributed by atoms with Gasteiger partial charge in [0.25, 0.3) is 0 Å². The molecule has 1 aromatic carbocycles. The lowest BCUT2D eigenvalue weighted by molar-refractivity contribution is 0.229. The van der Waals surface area contributed by atoms with Crippen molar-refractivity contribution in [3.05, 3.63) is 47.5 Å². The number of nitrogens with one attached hydrogen (secondary N) is 2. The highest BCUT2D eigenvalue weighted by Gasteiger charge is 2.06. The molecular weight excluding hydrogens is 472 g/mol. The molecule has 1 atom stereocenters. The van der Waals surface area contributed by atoms with Crippen LogP contribution in [0.15, 0.2) is 35.3 Å². The first-order valence-electron chi connectivity index (χ1n) is 9.43. The molecule has 8 heteroatoms. The molecule has 2 aromatic rings. The van der Waals surface area contributed by atoms with Crippen LogP contribution in [0.2, 0.25) is 0 Å². The summed E-state index contributed by atoms with van der Waals surface area (Å²) in [4.78, 5) is 4.55. The van der Waals surface area contributed by atoms with Crippen molar-refractivity contribution in [2.75, 3.05) is 19.6 Å². The van der Waals surface area contributed by atoms with Gasteiger partial charge in [-0.3, -0.25) is 4.68 Å². The van der Waals surface area contributed by atoms with Crippen molar-refractivity contribution in [3.63, 3.8) is 0 Å². The van der Waals surface area contributed by atoms with E-state index in [2.05, 4.69) is 33.7 Å². The zero-order valence-corrected chi connectivity index (χ0v) is 19.4. The molecule has 0 bridgehead atoms. The van der Waals surface area contributed by atoms with E-state index in [4.69, 9.17) is 4.74 Å². The molecule has 0 amide bonds. The third-order valence-corrected chi connectivity index (χ3v) is 3.93. The summed E-state index contributed by atoms with van der Waals surface area (Å²) in [6.07, 6.45) is 0.791. The van der Waals surface area contributed by atoms with E-state index in [1.165, 1.54) is 17.8 Å².